The molecular weight excluding hydrogens is 396 g/mol. The fourth-order valence-electron chi connectivity index (χ4n) is 3.79. The molecule has 4 aromatic rings. The minimum atomic E-state index is -0.276. The van der Waals surface area contributed by atoms with Crippen LogP contribution in [-0.4, -0.2) is 25.8 Å². The first kappa shape index (κ1) is 20.5. The van der Waals surface area contributed by atoms with Crippen LogP contribution >= 0.6 is 11.8 Å². The molecule has 0 bridgehead atoms. The van der Waals surface area contributed by atoms with Gasteiger partial charge in [-0.3, -0.25) is 9.20 Å². The van der Waals surface area contributed by atoms with E-state index >= 15 is 0 Å². The van der Waals surface area contributed by atoms with E-state index in [0.29, 0.717) is 6.42 Å². The Morgan fingerprint density at radius 3 is 2.53 bits per heavy atom. The summed E-state index contributed by atoms with van der Waals surface area (Å²) in [5.74, 6) is 0.779. The Morgan fingerprint density at radius 2 is 1.87 bits per heavy atom. The second-order valence-electron chi connectivity index (χ2n) is 7.25. The lowest BCUT2D eigenvalue weighted by Crippen LogP contribution is -2.26. The molecule has 7 heteroatoms. The summed E-state index contributed by atoms with van der Waals surface area (Å²) in [6, 6.07) is 10.1. The molecule has 3 heterocycles. The highest BCUT2D eigenvalue weighted by molar-refractivity contribution is 8.00. The van der Waals surface area contributed by atoms with Crippen LogP contribution in [0.2, 0.25) is 0 Å². The van der Waals surface area contributed by atoms with Crippen LogP contribution in [0.5, 0.6) is 0 Å². The molecule has 4 rings (SSSR count). The van der Waals surface area contributed by atoms with Gasteiger partial charge in [0.1, 0.15) is 10.9 Å². The van der Waals surface area contributed by atoms with Crippen LogP contribution in [0.25, 0.3) is 16.6 Å². The number of hydrogen-bond acceptors (Lipinski definition) is 5. The summed E-state index contributed by atoms with van der Waals surface area (Å²) in [7, 11) is 0. The van der Waals surface area contributed by atoms with Gasteiger partial charge in [-0.15, -0.1) is 10.2 Å². The van der Waals surface area contributed by atoms with Crippen LogP contribution in [0.3, 0.4) is 0 Å². The number of thioether (sulfide) groups is 1. The number of benzene rings is 1. The Bertz CT molecular complexity index is 1190. The molecule has 0 aliphatic rings. The molecule has 1 aromatic carbocycles. The minimum absolute atomic E-state index is 0.00568. The highest BCUT2D eigenvalue weighted by atomic mass is 32.2. The number of fused-ring (bicyclic) bond motifs is 3. The summed E-state index contributed by atoms with van der Waals surface area (Å²) in [5, 5.41) is 12.4. The molecule has 0 spiro atoms. The first-order chi connectivity index (χ1) is 14.6. The number of rotatable bonds is 7. The van der Waals surface area contributed by atoms with E-state index in [1.165, 1.54) is 11.8 Å². The van der Waals surface area contributed by atoms with Gasteiger partial charge >= 0.3 is 0 Å². The zero-order valence-electron chi connectivity index (χ0n) is 17.7. The number of nitrogens with one attached hydrogen (secondary N) is 1. The van der Waals surface area contributed by atoms with Crippen LogP contribution < -0.4 is 5.32 Å². The molecule has 0 fully saturated rings. The van der Waals surface area contributed by atoms with Crippen LogP contribution in [0, 0.1) is 6.92 Å². The second-order valence-corrected chi connectivity index (χ2v) is 8.44. The quantitative estimate of drug-likeness (QED) is 0.403. The van der Waals surface area contributed by atoms with Crippen LogP contribution in [0.1, 0.15) is 44.1 Å². The molecule has 0 aliphatic carbocycles. The maximum atomic E-state index is 13.2. The van der Waals surface area contributed by atoms with Gasteiger partial charge in [0.05, 0.1) is 22.5 Å². The predicted molar refractivity (Wildman–Crippen MR) is 121 cm³/mol. The molecule has 6 nitrogen and oxygen atoms in total. The third-order valence-electron chi connectivity index (χ3n) is 5.42. The molecule has 3 aromatic heterocycles. The van der Waals surface area contributed by atoms with Crippen molar-refractivity contribution < 1.29 is 9.21 Å². The van der Waals surface area contributed by atoms with E-state index in [0.717, 1.165) is 57.1 Å². The van der Waals surface area contributed by atoms with Crippen molar-refractivity contribution in [1.29, 1.82) is 0 Å². The minimum Gasteiger partial charge on any atom is -0.463 e. The number of carbonyl (C=O) groups is 1. The van der Waals surface area contributed by atoms with Crippen molar-refractivity contribution in [2.24, 2.45) is 0 Å². The van der Waals surface area contributed by atoms with Crippen LogP contribution in [-0.2, 0) is 17.6 Å². The highest BCUT2D eigenvalue weighted by Crippen LogP contribution is 2.33. The van der Waals surface area contributed by atoms with E-state index in [9.17, 15) is 4.79 Å². The number of aryl methyl sites for hydroxylation is 3. The predicted octanol–water partition coefficient (Wildman–Crippen LogP) is 5.42. The summed E-state index contributed by atoms with van der Waals surface area (Å²) >= 11 is 1.45. The first-order valence-electron chi connectivity index (χ1n) is 10.4. The summed E-state index contributed by atoms with van der Waals surface area (Å²) in [6.45, 7) is 8.15. The van der Waals surface area contributed by atoms with Gasteiger partial charge < -0.3 is 9.73 Å². The Morgan fingerprint density at radius 1 is 1.13 bits per heavy atom. The van der Waals surface area contributed by atoms with Gasteiger partial charge in [-0.1, -0.05) is 50.7 Å². The summed E-state index contributed by atoms with van der Waals surface area (Å²) in [5.41, 5.74) is 5.93. The third-order valence-corrected chi connectivity index (χ3v) is 6.76. The molecule has 30 heavy (non-hydrogen) atoms. The van der Waals surface area contributed by atoms with Gasteiger partial charge in [0.25, 0.3) is 0 Å². The van der Waals surface area contributed by atoms with E-state index in [1.54, 1.807) is 6.26 Å². The first-order valence-corrected chi connectivity index (χ1v) is 11.3. The van der Waals surface area contributed by atoms with Crippen molar-refractivity contribution in [3.8, 4) is 0 Å². The topological polar surface area (TPSA) is 72.4 Å². The molecular formula is C23H26N4O2S. The number of carbonyl (C=O) groups excluding carboxylic acids is 1. The lowest BCUT2D eigenvalue weighted by molar-refractivity contribution is -0.115. The standard InChI is InChI=1S/C23H26N4O2S/c1-5-15-9-8-10-16(6-2)21(15)24-22(28)20(7-3)30-23-18-13-19-17(11-12-29-19)27(18)14(4)25-26-23/h8-13,20H,5-7H2,1-4H3,(H,24,28)/t20-/m0/s1. The Labute approximate surface area is 180 Å². The average Bonchev–Trinajstić information content (AvgIpc) is 3.35. The van der Waals surface area contributed by atoms with Crippen LogP contribution in [0.4, 0.5) is 5.69 Å². The van der Waals surface area contributed by atoms with Gasteiger partial charge in [-0.25, -0.2) is 0 Å². The molecule has 1 atom stereocenters. The van der Waals surface area contributed by atoms with Gasteiger partial charge in [-0.05, 0) is 37.3 Å². The zero-order chi connectivity index (χ0) is 21.3. The SMILES string of the molecule is CCc1cccc(CC)c1NC(=O)[C@H](CC)Sc1nnc(C)n2c1cc1occc12. The number of amides is 1. The van der Waals surface area contributed by atoms with E-state index < -0.39 is 0 Å². The molecule has 0 saturated carbocycles. The molecule has 156 valence electrons. The second kappa shape index (κ2) is 8.52. The van der Waals surface area contributed by atoms with Gasteiger partial charge in [0, 0.05) is 17.8 Å². The molecule has 1 N–H and O–H groups in total. The van der Waals surface area contributed by atoms with E-state index in [4.69, 9.17) is 4.42 Å². The number of nitrogens with zero attached hydrogens (tertiary/aromatic N) is 3. The van der Waals surface area contributed by atoms with Crippen molar-refractivity contribution in [3.63, 3.8) is 0 Å². The Balaban J connectivity index is 1.65. The highest BCUT2D eigenvalue weighted by Gasteiger charge is 2.23. The van der Waals surface area contributed by atoms with Crippen molar-refractivity contribution in [2.75, 3.05) is 5.32 Å². The van der Waals surface area contributed by atoms with Crippen molar-refractivity contribution in [2.45, 2.75) is 57.2 Å². The summed E-state index contributed by atoms with van der Waals surface area (Å²) in [6.07, 6.45) is 4.11. The van der Waals surface area contributed by atoms with Crippen molar-refractivity contribution in [3.05, 3.63) is 53.5 Å². The fraction of sp³-hybridized carbons (Fsp3) is 0.348. The van der Waals surface area contributed by atoms with Crippen molar-refractivity contribution >= 4 is 40.0 Å². The van der Waals surface area contributed by atoms with E-state index in [1.807, 2.05) is 30.4 Å². The number of para-hydroxylation sites is 1. The molecule has 0 aliphatic heterocycles. The summed E-state index contributed by atoms with van der Waals surface area (Å²) < 4.78 is 7.58. The lowest BCUT2D eigenvalue weighted by atomic mass is 10.0. The van der Waals surface area contributed by atoms with Gasteiger partial charge in [-0.2, -0.15) is 0 Å². The molecule has 0 radical (unpaired) electrons. The monoisotopic (exact) mass is 422 g/mol. The van der Waals surface area contributed by atoms with E-state index in [-0.39, 0.29) is 11.2 Å². The Kier molecular flexibility index (Phi) is 5.81. The number of furan rings is 1. The number of anilines is 1. The molecule has 0 unspecified atom stereocenters. The smallest absolute Gasteiger partial charge is 0.237 e. The number of hydrogen-bond donors (Lipinski definition) is 1. The lowest BCUT2D eigenvalue weighted by Gasteiger charge is -2.18. The van der Waals surface area contributed by atoms with Gasteiger partial charge in [0.2, 0.25) is 5.91 Å². The van der Waals surface area contributed by atoms with Crippen molar-refractivity contribution in [1.82, 2.24) is 14.6 Å². The average molecular weight is 423 g/mol. The molecule has 0 saturated heterocycles. The zero-order valence-corrected chi connectivity index (χ0v) is 18.5. The van der Waals surface area contributed by atoms with E-state index in [2.05, 4.69) is 47.6 Å². The maximum absolute atomic E-state index is 13.2. The molecule has 1 amide bonds. The summed E-state index contributed by atoms with van der Waals surface area (Å²) in [4.78, 5) is 13.2. The third kappa shape index (κ3) is 3.58. The largest absolute Gasteiger partial charge is 0.463 e. The Hall–Kier alpha value is -2.80. The number of aromatic nitrogens is 3. The van der Waals surface area contributed by atoms with Gasteiger partial charge in [0.15, 0.2) is 5.58 Å². The van der Waals surface area contributed by atoms with Crippen LogP contribution in [0.15, 0.2) is 46.0 Å². The maximum Gasteiger partial charge on any atom is 0.237 e. The normalized spacial score (nSPS) is 12.5. The fourth-order valence-corrected chi connectivity index (χ4v) is 4.75.